The maximum Gasteiger partial charge on any atom is 0.279 e. The molecule has 0 N–H and O–H groups in total. The van der Waals surface area contributed by atoms with Gasteiger partial charge in [0, 0.05) is 19.0 Å². The number of nitrogens with zero attached hydrogens (tertiary/aromatic N) is 3. The summed E-state index contributed by atoms with van der Waals surface area (Å²) in [4.78, 5) is 16.9. The first-order valence-electron chi connectivity index (χ1n) is 7.07. The fraction of sp³-hybridized carbons (Fsp3) is 0.375. The summed E-state index contributed by atoms with van der Waals surface area (Å²) in [6.07, 6.45) is 3.79. The van der Waals surface area contributed by atoms with Crippen molar-refractivity contribution >= 4 is 21.9 Å². The molecule has 4 nitrogen and oxygen atoms in total. The molecule has 0 atom stereocenters. The van der Waals surface area contributed by atoms with Gasteiger partial charge in [-0.3, -0.25) is 4.79 Å². The highest BCUT2D eigenvalue weighted by Gasteiger charge is 2.14. The zero-order chi connectivity index (χ0) is 14.3. The molecule has 0 aliphatic heterocycles. The van der Waals surface area contributed by atoms with Gasteiger partial charge in [-0.25, -0.2) is 4.98 Å². The molecule has 0 bridgehead atoms. The smallest absolute Gasteiger partial charge is 0.279 e. The quantitative estimate of drug-likeness (QED) is 0.733. The Hall–Kier alpha value is -2.10. The molecule has 0 aliphatic rings. The summed E-state index contributed by atoms with van der Waals surface area (Å²) in [6, 6.07) is 6.25. The minimum atomic E-state index is 0.0189. The largest absolute Gasteiger partial charge is 0.333 e. The fourth-order valence-corrected chi connectivity index (χ4v) is 2.75. The maximum absolute atomic E-state index is 12.6. The molecular formula is C16H19N3O. The van der Waals surface area contributed by atoms with Crippen LogP contribution in [0.4, 0.5) is 0 Å². The third kappa shape index (κ3) is 1.83. The van der Waals surface area contributed by atoms with Crippen molar-refractivity contribution in [3.8, 4) is 0 Å². The van der Waals surface area contributed by atoms with E-state index in [9.17, 15) is 4.79 Å². The molecule has 20 heavy (non-hydrogen) atoms. The number of aromatic nitrogens is 3. The Labute approximate surface area is 117 Å². The summed E-state index contributed by atoms with van der Waals surface area (Å²) in [6.45, 7) is 4.96. The van der Waals surface area contributed by atoms with E-state index in [2.05, 4.69) is 31.0 Å². The molecule has 0 radical (unpaired) electrons. The van der Waals surface area contributed by atoms with Gasteiger partial charge in [0.25, 0.3) is 5.56 Å². The van der Waals surface area contributed by atoms with Crippen LogP contribution in [0.1, 0.15) is 25.3 Å². The van der Waals surface area contributed by atoms with Gasteiger partial charge in [0.15, 0.2) is 5.52 Å². The van der Waals surface area contributed by atoms with Crippen LogP contribution in [0.15, 0.2) is 29.3 Å². The van der Waals surface area contributed by atoms with Gasteiger partial charge < -0.3 is 9.13 Å². The van der Waals surface area contributed by atoms with E-state index in [1.807, 2.05) is 22.2 Å². The van der Waals surface area contributed by atoms with E-state index in [0.29, 0.717) is 5.52 Å². The lowest BCUT2D eigenvalue weighted by atomic mass is 10.1. The minimum Gasteiger partial charge on any atom is -0.333 e. The number of hydrogen-bond acceptors (Lipinski definition) is 2. The van der Waals surface area contributed by atoms with Crippen molar-refractivity contribution in [3.05, 3.63) is 40.4 Å². The average molecular weight is 269 g/mol. The van der Waals surface area contributed by atoms with Crippen molar-refractivity contribution in [2.45, 2.75) is 33.2 Å². The second-order valence-electron chi connectivity index (χ2n) is 5.38. The Morgan fingerprint density at radius 3 is 2.85 bits per heavy atom. The zero-order valence-corrected chi connectivity index (χ0v) is 12.2. The standard InChI is InChI=1S/C16H19N3O/c1-4-5-8-19-13-7-6-11(2)9-12(13)15-14(16(19)20)17-10-18(15)3/h6-7,9-10H,4-5,8H2,1-3H3. The van der Waals surface area contributed by atoms with Crippen LogP contribution in [0.3, 0.4) is 0 Å². The number of hydrogen-bond donors (Lipinski definition) is 0. The van der Waals surface area contributed by atoms with Gasteiger partial charge in [0.1, 0.15) is 0 Å². The topological polar surface area (TPSA) is 39.8 Å². The van der Waals surface area contributed by atoms with E-state index >= 15 is 0 Å². The van der Waals surface area contributed by atoms with Gasteiger partial charge in [-0.2, -0.15) is 0 Å². The number of rotatable bonds is 3. The molecule has 4 heteroatoms. The molecule has 0 spiro atoms. The second-order valence-corrected chi connectivity index (χ2v) is 5.38. The first-order valence-corrected chi connectivity index (χ1v) is 7.07. The Balaban J connectivity index is 2.47. The van der Waals surface area contributed by atoms with Crippen LogP contribution in [0.5, 0.6) is 0 Å². The molecular weight excluding hydrogens is 250 g/mol. The van der Waals surface area contributed by atoms with E-state index in [1.165, 1.54) is 5.56 Å². The number of pyridine rings is 1. The Bertz CT molecular complexity index is 842. The maximum atomic E-state index is 12.6. The van der Waals surface area contributed by atoms with Crippen molar-refractivity contribution in [2.24, 2.45) is 7.05 Å². The van der Waals surface area contributed by atoms with Crippen LogP contribution in [0, 0.1) is 6.92 Å². The monoisotopic (exact) mass is 269 g/mol. The van der Waals surface area contributed by atoms with Gasteiger partial charge in [0.2, 0.25) is 0 Å². The third-order valence-electron chi connectivity index (χ3n) is 3.82. The number of imidazole rings is 1. The molecule has 3 aromatic rings. The molecule has 104 valence electrons. The van der Waals surface area contributed by atoms with E-state index < -0.39 is 0 Å². The highest BCUT2D eigenvalue weighted by molar-refractivity contribution is 6.02. The molecule has 2 heterocycles. The van der Waals surface area contributed by atoms with Crippen molar-refractivity contribution in [1.29, 1.82) is 0 Å². The predicted molar refractivity (Wildman–Crippen MR) is 82.1 cm³/mol. The molecule has 1 aromatic carbocycles. The lowest BCUT2D eigenvalue weighted by molar-refractivity contribution is 0.634. The first kappa shape index (κ1) is 12.9. The van der Waals surface area contributed by atoms with E-state index in [1.54, 1.807) is 6.33 Å². The van der Waals surface area contributed by atoms with Gasteiger partial charge in [-0.05, 0) is 25.5 Å². The lowest BCUT2D eigenvalue weighted by Gasteiger charge is -2.12. The summed E-state index contributed by atoms with van der Waals surface area (Å²) < 4.78 is 3.80. The summed E-state index contributed by atoms with van der Waals surface area (Å²) in [5.41, 5.74) is 3.72. The number of unbranched alkanes of at least 4 members (excludes halogenated alkanes) is 1. The summed E-state index contributed by atoms with van der Waals surface area (Å²) >= 11 is 0. The first-order chi connectivity index (χ1) is 9.63. The van der Waals surface area contributed by atoms with Crippen molar-refractivity contribution < 1.29 is 0 Å². The van der Waals surface area contributed by atoms with E-state index in [-0.39, 0.29) is 5.56 Å². The predicted octanol–water partition coefficient (Wildman–Crippen LogP) is 3.00. The minimum absolute atomic E-state index is 0.0189. The molecule has 2 aromatic heterocycles. The van der Waals surface area contributed by atoms with Crippen molar-refractivity contribution in [2.75, 3.05) is 0 Å². The molecule has 0 unspecified atom stereocenters. The zero-order valence-electron chi connectivity index (χ0n) is 12.2. The number of benzene rings is 1. The fourth-order valence-electron chi connectivity index (χ4n) is 2.75. The van der Waals surface area contributed by atoms with Crippen LogP contribution in [-0.4, -0.2) is 14.1 Å². The Kier molecular flexibility index (Phi) is 3.08. The third-order valence-corrected chi connectivity index (χ3v) is 3.82. The summed E-state index contributed by atoms with van der Waals surface area (Å²) in [7, 11) is 1.94. The van der Waals surface area contributed by atoms with Gasteiger partial charge in [-0.1, -0.05) is 25.0 Å². The van der Waals surface area contributed by atoms with Crippen LogP contribution >= 0.6 is 0 Å². The number of aryl methyl sites for hydroxylation is 3. The summed E-state index contributed by atoms with van der Waals surface area (Å²) in [5.74, 6) is 0. The number of fused-ring (bicyclic) bond motifs is 3. The average Bonchev–Trinajstić information content (AvgIpc) is 2.82. The summed E-state index contributed by atoms with van der Waals surface area (Å²) in [5, 5.41) is 1.11. The molecule has 3 rings (SSSR count). The van der Waals surface area contributed by atoms with E-state index in [0.717, 1.165) is 35.8 Å². The van der Waals surface area contributed by atoms with E-state index in [4.69, 9.17) is 0 Å². The van der Waals surface area contributed by atoms with Crippen molar-refractivity contribution in [3.63, 3.8) is 0 Å². The molecule has 0 aliphatic carbocycles. The van der Waals surface area contributed by atoms with Gasteiger partial charge >= 0.3 is 0 Å². The van der Waals surface area contributed by atoms with Crippen LogP contribution in [0.2, 0.25) is 0 Å². The van der Waals surface area contributed by atoms with Gasteiger partial charge in [-0.15, -0.1) is 0 Å². The Morgan fingerprint density at radius 2 is 2.10 bits per heavy atom. The van der Waals surface area contributed by atoms with Crippen LogP contribution < -0.4 is 5.56 Å². The lowest BCUT2D eigenvalue weighted by Crippen LogP contribution is -2.21. The van der Waals surface area contributed by atoms with Crippen LogP contribution in [0.25, 0.3) is 21.9 Å². The second kappa shape index (κ2) is 4.78. The van der Waals surface area contributed by atoms with Crippen LogP contribution in [-0.2, 0) is 13.6 Å². The van der Waals surface area contributed by atoms with Gasteiger partial charge in [0.05, 0.1) is 17.4 Å². The normalized spacial score (nSPS) is 11.6. The van der Waals surface area contributed by atoms with Crippen molar-refractivity contribution in [1.82, 2.24) is 14.1 Å². The highest BCUT2D eigenvalue weighted by atomic mass is 16.1. The molecule has 0 amide bonds. The molecule has 0 saturated heterocycles. The Morgan fingerprint density at radius 1 is 1.30 bits per heavy atom. The highest BCUT2D eigenvalue weighted by Crippen LogP contribution is 2.23. The molecule has 0 saturated carbocycles. The SMILES string of the molecule is CCCCn1c(=O)c2ncn(C)c2c2cc(C)ccc21. The molecule has 0 fully saturated rings.